The van der Waals surface area contributed by atoms with E-state index in [4.69, 9.17) is 4.42 Å². The van der Waals surface area contributed by atoms with Gasteiger partial charge in [0.2, 0.25) is 17.7 Å². The molecule has 0 unspecified atom stereocenters. The molecule has 5 rings (SSSR count). The second-order valence-corrected chi connectivity index (χ2v) is 7.23. The molecule has 0 spiro atoms. The van der Waals surface area contributed by atoms with Crippen LogP contribution >= 0.6 is 11.3 Å². The molecule has 0 aromatic carbocycles. The Labute approximate surface area is 144 Å². The van der Waals surface area contributed by atoms with Gasteiger partial charge in [0.05, 0.1) is 30.2 Å². The molecule has 128 valence electrons. The van der Waals surface area contributed by atoms with Crippen molar-refractivity contribution < 1.29 is 9.21 Å². The first-order valence-corrected chi connectivity index (χ1v) is 9.38. The molecule has 3 aliphatic heterocycles. The third-order valence-electron chi connectivity index (χ3n) is 4.85. The summed E-state index contributed by atoms with van der Waals surface area (Å²) < 4.78 is 5.64. The summed E-state index contributed by atoms with van der Waals surface area (Å²) in [7, 11) is 0. The van der Waals surface area contributed by atoms with Crippen LogP contribution in [-0.4, -0.2) is 50.0 Å². The topological polar surface area (TPSA) is 75.4 Å². The van der Waals surface area contributed by atoms with E-state index < -0.39 is 0 Å². The van der Waals surface area contributed by atoms with Crippen molar-refractivity contribution in [1.29, 1.82) is 0 Å². The molecule has 3 aliphatic rings. The van der Waals surface area contributed by atoms with Crippen LogP contribution in [-0.2, 0) is 24.3 Å². The highest BCUT2D eigenvalue weighted by molar-refractivity contribution is 7.07. The normalized spacial score (nSPS) is 24.5. The summed E-state index contributed by atoms with van der Waals surface area (Å²) >= 11 is 1.57. The Kier molecular flexibility index (Phi) is 4.32. The van der Waals surface area contributed by atoms with Crippen molar-refractivity contribution in [2.24, 2.45) is 5.92 Å². The number of rotatable bonds is 5. The molecule has 2 aromatic rings. The van der Waals surface area contributed by atoms with Crippen LogP contribution in [0.3, 0.4) is 0 Å². The maximum atomic E-state index is 12.8. The number of hydrogen-bond donors (Lipinski definition) is 0. The third-order valence-corrected chi connectivity index (χ3v) is 5.49. The molecule has 3 fully saturated rings. The van der Waals surface area contributed by atoms with Crippen molar-refractivity contribution in [2.75, 3.05) is 13.1 Å². The van der Waals surface area contributed by atoms with E-state index in [1.54, 1.807) is 11.3 Å². The van der Waals surface area contributed by atoms with Crippen LogP contribution in [0.4, 0.5) is 0 Å². The van der Waals surface area contributed by atoms with Crippen molar-refractivity contribution in [3.63, 3.8) is 0 Å². The molecule has 2 atom stereocenters. The van der Waals surface area contributed by atoms with E-state index in [2.05, 4.69) is 20.1 Å². The van der Waals surface area contributed by atoms with Gasteiger partial charge in [-0.1, -0.05) is 6.92 Å². The average molecular weight is 347 g/mol. The molecular weight excluding hydrogens is 326 g/mol. The lowest BCUT2D eigenvalue weighted by molar-refractivity contribution is -0.140. The number of fused-ring (bicyclic) bond motifs is 4. The first-order chi connectivity index (χ1) is 11.7. The number of thiazole rings is 1. The number of carbonyl (C=O) groups is 1. The van der Waals surface area contributed by atoms with Gasteiger partial charge in [-0.25, -0.2) is 4.98 Å². The Balaban J connectivity index is 1.48. The number of nitrogens with zero attached hydrogens (tertiary/aromatic N) is 5. The first-order valence-electron chi connectivity index (χ1n) is 8.44. The molecule has 7 nitrogen and oxygen atoms in total. The number of aromatic nitrogens is 3. The van der Waals surface area contributed by atoms with Crippen LogP contribution < -0.4 is 0 Å². The quantitative estimate of drug-likeness (QED) is 0.820. The van der Waals surface area contributed by atoms with Gasteiger partial charge in [-0.3, -0.25) is 9.69 Å². The van der Waals surface area contributed by atoms with E-state index in [0.717, 1.165) is 38.0 Å². The van der Waals surface area contributed by atoms with Crippen LogP contribution in [0, 0.1) is 5.92 Å². The predicted octanol–water partition coefficient (Wildman–Crippen LogP) is 1.71. The monoisotopic (exact) mass is 347 g/mol. The molecular formula is C16H21N5O2S. The standard InChI is InChI=1S/C16H21N5O2S/c1-2-14-18-19-15(23-14)8-20-5-11-3-4-13(7-20)21(16(11)22)6-12-9-24-10-17-12/h9-11,13H,2-8H2,1H3/t11-,13+/m0/s1. The fourth-order valence-electron chi connectivity index (χ4n) is 3.64. The third kappa shape index (κ3) is 3.08. The summed E-state index contributed by atoms with van der Waals surface area (Å²) in [6.45, 7) is 4.87. The lowest BCUT2D eigenvalue weighted by atomic mass is 9.94. The molecule has 3 saturated heterocycles. The molecule has 0 aliphatic carbocycles. The zero-order valence-electron chi connectivity index (χ0n) is 13.7. The van der Waals surface area contributed by atoms with Crippen molar-refractivity contribution in [2.45, 2.75) is 45.3 Å². The highest BCUT2D eigenvalue weighted by atomic mass is 32.1. The van der Waals surface area contributed by atoms with E-state index in [-0.39, 0.29) is 17.9 Å². The largest absolute Gasteiger partial charge is 0.424 e. The fourth-order valence-corrected chi connectivity index (χ4v) is 4.19. The molecule has 2 aromatic heterocycles. The van der Waals surface area contributed by atoms with E-state index in [0.29, 0.717) is 24.9 Å². The molecule has 8 heteroatoms. The van der Waals surface area contributed by atoms with E-state index in [1.165, 1.54) is 0 Å². The fraction of sp³-hybridized carbons (Fsp3) is 0.625. The van der Waals surface area contributed by atoms with Gasteiger partial charge in [0, 0.05) is 30.9 Å². The van der Waals surface area contributed by atoms with Gasteiger partial charge < -0.3 is 9.32 Å². The van der Waals surface area contributed by atoms with E-state index in [1.807, 2.05) is 22.7 Å². The smallest absolute Gasteiger partial charge is 0.230 e. The number of carbonyl (C=O) groups excluding carboxylic acids is 1. The Bertz CT molecular complexity index is 701. The lowest BCUT2D eigenvalue weighted by Gasteiger charge is -2.35. The zero-order chi connectivity index (χ0) is 16.5. The highest BCUT2D eigenvalue weighted by Crippen LogP contribution is 2.31. The number of amides is 1. The molecule has 0 radical (unpaired) electrons. The number of hydrogen-bond acceptors (Lipinski definition) is 7. The van der Waals surface area contributed by atoms with Crippen molar-refractivity contribution in [3.8, 4) is 0 Å². The average Bonchev–Trinajstić information content (AvgIpc) is 3.18. The van der Waals surface area contributed by atoms with Crippen LogP contribution in [0.5, 0.6) is 0 Å². The van der Waals surface area contributed by atoms with Crippen LogP contribution in [0.1, 0.15) is 37.2 Å². The van der Waals surface area contributed by atoms with E-state index in [9.17, 15) is 4.79 Å². The summed E-state index contributed by atoms with van der Waals surface area (Å²) in [5.41, 5.74) is 2.81. The first kappa shape index (κ1) is 15.7. The van der Waals surface area contributed by atoms with Gasteiger partial charge in [0.25, 0.3) is 0 Å². The highest BCUT2D eigenvalue weighted by Gasteiger charge is 2.40. The van der Waals surface area contributed by atoms with Gasteiger partial charge in [-0.15, -0.1) is 21.5 Å². The minimum Gasteiger partial charge on any atom is -0.424 e. The molecule has 5 heterocycles. The molecule has 1 amide bonds. The summed E-state index contributed by atoms with van der Waals surface area (Å²) in [4.78, 5) is 21.4. The molecule has 24 heavy (non-hydrogen) atoms. The minimum absolute atomic E-state index is 0.0657. The maximum Gasteiger partial charge on any atom is 0.230 e. The van der Waals surface area contributed by atoms with Crippen LogP contribution in [0.25, 0.3) is 0 Å². The Hall–Kier alpha value is -1.80. The second-order valence-electron chi connectivity index (χ2n) is 6.51. The van der Waals surface area contributed by atoms with E-state index >= 15 is 0 Å². The van der Waals surface area contributed by atoms with Gasteiger partial charge in [-0.2, -0.15) is 0 Å². The maximum absolute atomic E-state index is 12.8. The van der Waals surface area contributed by atoms with Crippen molar-refractivity contribution >= 4 is 17.2 Å². The van der Waals surface area contributed by atoms with Crippen molar-refractivity contribution in [3.05, 3.63) is 28.4 Å². The van der Waals surface area contributed by atoms with Gasteiger partial charge in [0.15, 0.2) is 0 Å². The number of aryl methyl sites for hydroxylation is 1. The Morgan fingerprint density at radius 2 is 2.12 bits per heavy atom. The van der Waals surface area contributed by atoms with Gasteiger partial charge in [0.1, 0.15) is 0 Å². The second kappa shape index (κ2) is 6.60. The zero-order valence-corrected chi connectivity index (χ0v) is 14.5. The SMILES string of the molecule is CCc1nnc(CN2C[C@@H]3CC[C@H](C2)N(Cc2cscn2)C3=O)o1. The number of piperidine rings is 1. The molecule has 0 N–H and O–H groups in total. The van der Waals surface area contributed by atoms with Gasteiger partial charge >= 0.3 is 0 Å². The predicted molar refractivity (Wildman–Crippen MR) is 88.1 cm³/mol. The summed E-state index contributed by atoms with van der Waals surface area (Å²) in [6, 6.07) is 0.242. The lowest BCUT2D eigenvalue weighted by Crippen LogP contribution is -2.47. The van der Waals surface area contributed by atoms with Gasteiger partial charge in [-0.05, 0) is 12.8 Å². The van der Waals surface area contributed by atoms with Crippen molar-refractivity contribution in [1.82, 2.24) is 25.0 Å². The molecule has 0 saturated carbocycles. The Morgan fingerprint density at radius 1 is 1.25 bits per heavy atom. The Morgan fingerprint density at radius 3 is 2.88 bits per heavy atom. The minimum atomic E-state index is 0.0657. The summed E-state index contributed by atoms with van der Waals surface area (Å²) in [6.07, 6.45) is 2.77. The summed E-state index contributed by atoms with van der Waals surface area (Å²) in [5, 5.41) is 10.2. The molecule has 2 bridgehead atoms. The van der Waals surface area contributed by atoms with Crippen LogP contribution in [0.2, 0.25) is 0 Å². The van der Waals surface area contributed by atoms with Crippen LogP contribution in [0.15, 0.2) is 15.3 Å². The summed E-state index contributed by atoms with van der Waals surface area (Å²) in [5.74, 6) is 1.65.